The van der Waals surface area contributed by atoms with Gasteiger partial charge in [0.15, 0.2) is 0 Å². The van der Waals surface area contributed by atoms with Crippen molar-refractivity contribution in [2.45, 2.75) is 25.4 Å². The van der Waals surface area contributed by atoms with Gasteiger partial charge in [-0.1, -0.05) is 6.07 Å². The fourth-order valence-electron chi connectivity index (χ4n) is 2.14. The van der Waals surface area contributed by atoms with E-state index >= 15 is 0 Å². The van der Waals surface area contributed by atoms with Crippen LogP contribution in [0.3, 0.4) is 0 Å². The van der Waals surface area contributed by atoms with Crippen LogP contribution < -0.4 is 5.32 Å². The normalized spacial score (nSPS) is 17.7. The van der Waals surface area contributed by atoms with E-state index in [2.05, 4.69) is 35.4 Å². The van der Waals surface area contributed by atoms with E-state index in [0.717, 1.165) is 24.7 Å². The molecule has 0 radical (unpaired) electrons. The molecule has 1 aromatic heterocycles. The average Bonchev–Trinajstić information content (AvgIpc) is 3.11. The first-order valence-corrected chi connectivity index (χ1v) is 6.05. The highest BCUT2D eigenvalue weighted by molar-refractivity contribution is 5.03. The zero-order valence-electron chi connectivity index (χ0n) is 10.2. The quantitative estimate of drug-likeness (QED) is 0.786. The molecule has 1 unspecified atom stereocenters. The molecule has 16 heavy (non-hydrogen) atoms. The Labute approximate surface area is 97.9 Å². The van der Waals surface area contributed by atoms with E-state index in [1.807, 2.05) is 18.3 Å². The Hall–Kier alpha value is -0.930. The Morgan fingerprint density at radius 1 is 1.50 bits per heavy atom. The molecule has 0 spiro atoms. The number of rotatable bonds is 6. The van der Waals surface area contributed by atoms with Crippen molar-refractivity contribution in [3.8, 4) is 0 Å². The highest BCUT2D eigenvalue weighted by Gasteiger charge is 2.30. The van der Waals surface area contributed by atoms with Crippen molar-refractivity contribution in [1.82, 2.24) is 15.2 Å². The first-order chi connectivity index (χ1) is 7.79. The molecule has 0 amide bonds. The molecule has 3 heteroatoms. The predicted octanol–water partition coefficient (Wildman–Crippen LogP) is 1.51. The van der Waals surface area contributed by atoms with Gasteiger partial charge in [-0.05, 0) is 45.0 Å². The van der Waals surface area contributed by atoms with E-state index in [0.29, 0.717) is 6.04 Å². The van der Waals surface area contributed by atoms with E-state index in [1.54, 1.807) is 0 Å². The third kappa shape index (κ3) is 3.29. The molecule has 1 N–H and O–H groups in total. The van der Waals surface area contributed by atoms with Crippen molar-refractivity contribution in [3.63, 3.8) is 0 Å². The molecule has 2 rings (SSSR count). The number of aromatic nitrogens is 1. The minimum absolute atomic E-state index is 0.647. The summed E-state index contributed by atoms with van der Waals surface area (Å²) < 4.78 is 0. The summed E-state index contributed by atoms with van der Waals surface area (Å²) in [4.78, 5) is 6.70. The standard InChI is InChI=1S/C13H21N3/c1-14-13(11-6-7-11)10-16(2)9-12-5-3-4-8-15-12/h3-5,8,11,13-14H,6-7,9-10H2,1-2H3. The SMILES string of the molecule is CNC(CN(C)Cc1ccccn1)C1CC1. The van der Waals surface area contributed by atoms with Gasteiger partial charge in [0, 0.05) is 25.3 Å². The molecule has 0 bridgehead atoms. The lowest BCUT2D eigenvalue weighted by atomic mass is 10.2. The Balaban J connectivity index is 1.81. The van der Waals surface area contributed by atoms with Crippen LogP contribution in [0.25, 0.3) is 0 Å². The molecular formula is C13H21N3. The van der Waals surface area contributed by atoms with Crippen molar-refractivity contribution in [1.29, 1.82) is 0 Å². The maximum absolute atomic E-state index is 4.35. The van der Waals surface area contributed by atoms with Gasteiger partial charge in [0.05, 0.1) is 5.69 Å². The maximum atomic E-state index is 4.35. The summed E-state index contributed by atoms with van der Waals surface area (Å²) in [5.41, 5.74) is 1.15. The lowest BCUT2D eigenvalue weighted by Crippen LogP contribution is -2.39. The van der Waals surface area contributed by atoms with Crippen molar-refractivity contribution < 1.29 is 0 Å². The lowest BCUT2D eigenvalue weighted by Gasteiger charge is -2.23. The third-order valence-electron chi connectivity index (χ3n) is 3.23. The molecule has 0 aromatic carbocycles. The average molecular weight is 219 g/mol. The maximum Gasteiger partial charge on any atom is 0.0543 e. The minimum Gasteiger partial charge on any atom is -0.315 e. The highest BCUT2D eigenvalue weighted by atomic mass is 15.1. The summed E-state index contributed by atoms with van der Waals surface area (Å²) in [7, 11) is 4.24. The van der Waals surface area contributed by atoms with Crippen LogP contribution in [0.15, 0.2) is 24.4 Å². The van der Waals surface area contributed by atoms with Gasteiger partial charge in [-0.25, -0.2) is 0 Å². The first kappa shape index (κ1) is 11.6. The molecule has 1 atom stereocenters. The van der Waals surface area contributed by atoms with E-state index in [1.165, 1.54) is 12.8 Å². The number of hydrogen-bond donors (Lipinski definition) is 1. The van der Waals surface area contributed by atoms with Crippen LogP contribution in [0.4, 0.5) is 0 Å². The fourth-order valence-corrected chi connectivity index (χ4v) is 2.14. The van der Waals surface area contributed by atoms with Crippen molar-refractivity contribution in [3.05, 3.63) is 30.1 Å². The summed E-state index contributed by atoms with van der Waals surface area (Å²) in [6.45, 7) is 2.05. The molecule has 1 heterocycles. The number of hydrogen-bond acceptors (Lipinski definition) is 3. The van der Waals surface area contributed by atoms with Gasteiger partial charge in [-0.15, -0.1) is 0 Å². The predicted molar refractivity (Wildman–Crippen MR) is 66.1 cm³/mol. The van der Waals surface area contributed by atoms with Gasteiger partial charge < -0.3 is 5.32 Å². The molecular weight excluding hydrogens is 198 g/mol. The second kappa shape index (κ2) is 5.41. The Morgan fingerprint density at radius 3 is 2.88 bits per heavy atom. The molecule has 0 saturated heterocycles. The van der Waals surface area contributed by atoms with Gasteiger partial charge in [-0.2, -0.15) is 0 Å². The zero-order chi connectivity index (χ0) is 11.4. The van der Waals surface area contributed by atoms with Gasteiger partial charge >= 0.3 is 0 Å². The highest BCUT2D eigenvalue weighted by Crippen LogP contribution is 2.32. The Kier molecular flexibility index (Phi) is 3.91. The molecule has 1 aromatic rings. The molecule has 3 nitrogen and oxygen atoms in total. The Bertz CT molecular complexity index is 308. The summed E-state index contributed by atoms with van der Waals surface area (Å²) in [6.07, 6.45) is 4.64. The Morgan fingerprint density at radius 2 is 2.31 bits per heavy atom. The van der Waals surface area contributed by atoms with Crippen LogP contribution in [0.5, 0.6) is 0 Å². The molecule has 88 valence electrons. The first-order valence-electron chi connectivity index (χ1n) is 6.05. The number of likely N-dealkylation sites (N-methyl/N-ethyl adjacent to an activating group) is 2. The van der Waals surface area contributed by atoms with Crippen LogP contribution >= 0.6 is 0 Å². The van der Waals surface area contributed by atoms with Crippen LogP contribution in [-0.4, -0.2) is 36.6 Å². The van der Waals surface area contributed by atoms with E-state index in [-0.39, 0.29) is 0 Å². The summed E-state index contributed by atoms with van der Waals surface area (Å²) >= 11 is 0. The summed E-state index contributed by atoms with van der Waals surface area (Å²) in [5.74, 6) is 0.899. The van der Waals surface area contributed by atoms with Gasteiger partial charge in [0.1, 0.15) is 0 Å². The molecule has 1 aliphatic rings. The minimum atomic E-state index is 0.647. The van der Waals surface area contributed by atoms with Crippen molar-refractivity contribution >= 4 is 0 Å². The van der Waals surface area contributed by atoms with Crippen LogP contribution in [0.2, 0.25) is 0 Å². The lowest BCUT2D eigenvalue weighted by molar-refractivity contribution is 0.271. The van der Waals surface area contributed by atoms with Gasteiger partial charge in [-0.3, -0.25) is 9.88 Å². The third-order valence-corrected chi connectivity index (χ3v) is 3.23. The summed E-state index contributed by atoms with van der Waals surface area (Å²) in [6, 6.07) is 6.74. The molecule has 1 saturated carbocycles. The molecule has 1 fully saturated rings. The zero-order valence-corrected chi connectivity index (χ0v) is 10.2. The second-order valence-electron chi connectivity index (χ2n) is 4.75. The van der Waals surface area contributed by atoms with E-state index in [4.69, 9.17) is 0 Å². The molecule has 0 aliphatic heterocycles. The number of pyridine rings is 1. The van der Waals surface area contributed by atoms with Crippen LogP contribution in [0.1, 0.15) is 18.5 Å². The number of nitrogens with one attached hydrogen (secondary N) is 1. The van der Waals surface area contributed by atoms with Crippen molar-refractivity contribution in [2.24, 2.45) is 5.92 Å². The molecule has 1 aliphatic carbocycles. The topological polar surface area (TPSA) is 28.2 Å². The fraction of sp³-hybridized carbons (Fsp3) is 0.615. The van der Waals surface area contributed by atoms with Crippen LogP contribution in [-0.2, 0) is 6.54 Å². The van der Waals surface area contributed by atoms with Crippen LogP contribution in [0, 0.1) is 5.92 Å². The largest absolute Gasteiger partial charge is 0.315 e. The second-order valence-corrected chi connectivity index (χ2v) is 4.75. The summed E-state index contributed by atoms with van der Waals surface area (Å²) in [5, 5.41) is 3.42. The van der Waals surface area contributed by atoms with E-state index in [9.17, 15) is 0 Å². The number of nitrogens with zero attached hydrogens (tertiary/aromatic N) is 2. The van der Waals surface area contributed by atoms with Gasteiger partial charge in [0.25, 0.3) is 0 Å². The smallest absolute Gasteiger partial charge is 0.0543 e. The van der Waals surface area contributed by atoms with E-state index < -0.39 is 0 Å². The van der Waals surface area contributed by atoms with Gasteiger partial charge in [0.2, 0.25) is 0 Å². The van der Waals surface area contributed by atoms with Crippen molar-refractivity contribution in [2.75, 3.05) is 20.6 Å². The monoisotopic (exact) mass is 219 g/mol.